The summed E-state index contributed by atoms with van der Waals surface area (Å²) in [5, 5.41) is 16.1. The van der Waals surface area contributed by atoms with Crippen molar-refractivity contribution in [2.45, 2.75) is 232 Å². The number of Topliss-reactive ketones (excluding diaryl/α,β-unsaturated/α-hetero) is 4. The van der Waals surface area contributed by atoms with Crippen molar-refractivity contribution in [3.8, 4) is 5.75 Å². The molecule has 2 aliphatic heterocycles. The van der Waals surface area contributed by atoms with Gasteiger partial charge in [-0.3, -0.25) is 67.3 Å². The smallest absolute Gasteiger partial charge is 0.497 e. The van der Waals surface area contributed by atoms with Crippen LogP contribution in [0, 0.1) is 46.8 Å². The number of ether oxygens (including phenoxy) is 5. The normalized spacial score (nSPS) is 18.6. The van der Waals surface area contributed by atoms with Gasteiger partial charge in [0.15, 0.2) is 17.3 Å². The van der Waals surface area contributed by atoms with E-state index in [0.29, 0.717) is 66.7 Å². The number of nitrogens with zero attached hydrogens (tertiary/aromatic N) is 4. The molecule has 2 heterocycles. The summed E-state index contributed by atoms with van der Waals surface area (Å²) in [4.78, 5) is 182. The van der Waals surface area contributed by atoms with Crippen LogP contribution in [0.15, 0.2) is 60.7 Å². The largest absolute Gasteiger partial charge is 0.508 e. The highest BCUT2D eigenvalue weighted by atomic mass is 32.2. The number of hydrogen-bond donors (Lipinski definition) is 4. The van der Waals surface area contributed by atoms with Crippen LogP contribution in [0.5, 0.6) is 5.75 Å². The van der Waals surface area contributed by atoms with Gasteiger partial charge in [0.2, 0.25) is 41.4 Å². The molecular formula is C83H121N7O19S. The average molecular weight is 1550 g/mol. The lowest BCUT2D eigenvalue weighted by atomic mass is 9.83. The molecule has 12 atom stereocenters. The number of likely N-dealkylation sites (tertiary alicyclic amines) is 2. The molecule has 0 spiro atoms. The fourth-order valence-corrected chi connectivity index (χ4v) is 16.8. The van der Waals surface area contributed by atoms with Gasteiger partial charge in [0, 0.05) is 95.9 Å². The van der Waals surface area contributed by atoms with Gasteiger partial charge < -0.3 is 55.0 Å². The second kappa shape index (κ2) is 43.0. The molecule has 7 amide bonds. The quantitative estimate of drug-likeness (QED) is 0.0177. The molecule has 1 saturated carbocycles. The SMILES string of the molecule is CC[C@H](C)[C@@H]([C@@H](CC(=O)N1C[C@@H](OC(=O)OCc2ccc(CC(=O)[C@H](CCCCC(N)=O)NC(=O)[C@@H](CC(=O)CCCCCN3C(=O)CC(SCC4(CC(=O)O)CC4)C3=O)C(C)C)cc2)C[C@H]1[C@H](OC)[C@@H](C)C(=O)NCC(=O)c1ccc2cc(OC)ccc2c1)OC)N(C)C(=O)[C@@H](CC(=O)[C@H](C(C)C)N(C)C)C(C)C. The van der Waals surface area contributed by atoms with Crippen molar-refractivity contribution in [3.63, 3.8) is 0 Å². The van der Waals surface area contributed by atoms with E-state index >= 15 is 4.79 Å². The number of methoxy groups -OCH3 is 3. The van der Waals surface area contributed by atoms with Gasteiger partial charge in [-0.1, -0.05) is 124 Å². The number of amides is 7. The van der Waals surface area contributed by atoms with Crippen LogP contribution in [0.25, 0.3) is 10.8 Å². The first-order chi connectivity index (χ1) is 52.1. The number of imide groups is 1. The number of carboxylic acids is 1. The van der Waals surface area contributed by atoms with Gasteiger partial charge in [-0.2, -0.15) is 0 Å². The van der Waals surface area contributed by atoms with Crippen LogP contribution in [-0.2, 0) is 84.7 Å². The third-order valence-electron chi connectivity index (χ3n) is 22.2. The summed E-state index contributed by atoms with van der Waals surface area (Å²) in [5.41, 5.74) is 6.60. The number of carbonyl (C=O) groups excluding carboxylic acids is 12. The van der Waals surface area contributed by atoms with E-state index in [2.05, 4.69) is 10.6 Å². The molecule has 0 bridgehead atoms. The molecule has 26 nitrogen and oxygen atoms in total. The van der Waals surface area contributed by atoms with E-state index in [1.807, 2.05) is 86.5 Å². The molecule has 5 N–H and O–H groups in total. The van der Waals surface area contributed by atoms with Crippen LogP contribution in [0.2, 0.25) is 0 Å². The number of carboxylic acid groups (broad SMARTS) is 1. The Morgan fingerprint density at radius 3 is 1.99 bits per heavy atom. The van der Waals surface area contributed by atoms with Crippen molar-refractivity contribution in [3.05, 3.63) is 77.4 Å². The van der Waals surface area contributed by atoms with Crippen LogP contribution in [0.1, 0.15) is 193 Å². The zero-order valence-corrected chi connectivity index (χ0v) is 68.1. The Kier molecular flexibility index (Phi) is 35.5. The van der Waals surface area contributed by atoms with Crippen LogP contribution in [-0.4, -0.2) is 217 Å². The third-order valence-corrected chi connectivity index (χ3v) is 23.8. The molecule has 1 unspecified atom stereocenters. The highest BCUT2D eigenvalue weighted by Gasteiger charge is 2.49. The van der Waals surface area contributed by atoms with Crippen molar-refractivity contribution in [1.29, 1.82) is 0 Å². The summed E-state index contributed by atoms with van der Waals surface area (Å²) in [5.74, 6) is -6.36. The van der Waals surface area contributed by atoms with Gasteiger partial charge in [-0.25, -0.2) is 4.79 Å². The summed E-state index contributed by atoms with van der Waals surface area (Å²) in [7, 11) is 9.83. The van der Waals surface area contributed by atoms with Crippen LogP contribution in [0.3, 0.4) is 0 Å². The molecule has 27 heteroatoms. The molecule has 3 aliphatic rings. The van der Waals surface area contributed by atoms with Gasteiger partial charge in [-0.05, 0) is 122 Å². The van der Waals surface area contributed by atoms with Gasteiger partial charge in [-0.15, -0.1) is 11.8 Å². The van der Waals surface area contributed by atoms with E-state index < -0.39 is 101 Å². The monoisotopic (exact) mass is 1550 g/mol. The highest BCUT2D eigenvalue weighted by molar-refractivity contribution is 8.00. The number of fused-ring (bicyclic) bond motifs is 1. The van der Waals surface area contributed by atoms with Gasteiger partial charge in [0.05, 0.1) is 80.6 Å². The van der Waals surface area contributed by atoms with Gasteiger partial charge in [0.1, 0.15) is 24.2 Å². The zero-order valence-electron chi connectivity index (χ0n) is 67.3. The summed E-state index contributed by atoms with van der Waals surface area (Å²) >= 11 is 1.36. The summed E-state index contributed by atoms with van der Waals surface area (Å²) in [6.45, 7) is 16.5. The van der Waals surface area contributed by atoms with Crippen molar-refractivity contribution in [2.24, 2.45) is 52.6 Å². The minimum Gasteiger partial charge on any atom is -0.497 e. The van der Waals surface area contributed by atoms with Crippen LogP contribution < -0.4 is 21.1 Å². The molecule has 0 aromatic heterocycles. The number of nitrogens with one attached hydrogen (secondary N) is 2. The van der Waals surface area contributed by atoms with Crippen molar-refractivity contribution < 1.29 is 91.1 Å². The molecular weight excluding hydrogens is 1430 g/mol. The summed E-state index contributed by atoms with van der Waals surface area (Å²) in [6, 6.07) is 14.5. The number of rotatable bonds is 49. The average Bonchev–Trinajstić information content (AvgIpc) is 1.61. The Morgan fingerprint density at radius 2 is 1.39 bits per heavy atom. The maximum absolute atomic E-state index is 15.2. The Morgan fingerprint density at radius 1 is 0.736 bits per heavy atom. The van der Waals surface area contributed by atoms with E-state index in [9.17, 15) is 62.6 Å². The van der Waals surface area contributed by atoms with E-state index in [1.165, 1.54) is 35.8 Å². The highest BCUT2D eigenvalue weighted by Crippen LogP contribution is 2.52. The fraction of sp³-hybridized carbons (Fsp3) is 0.651. The third kappa shape index (κ3) is 26.2. The number of aliphatic carboxylic acids is 1. The number of benzene rings is 3. The van der Waals surface area contributed by atoms with Gasteiger partial charge in [0.25, 0.3) is 0 Å². The number of unbranched alkanes of at least 4 members (excludes halogenated alkanes) is 3. The number of primary amides is 1. The number of hydrogen-bond acceptors (Lipinski definition) is 20. The molecule has 3 fully saturated rings. The fourth-order valence-electron chi connectivity index (χ4n) is 15.3. The summed E-state index contributed by atoms with van der Waals surface area (Å²) < 4.78 is 29.2. The number of carbonyl (C=O) groups is 13. The molecule has 110 heavy (non-hydrogen) atoms. The first-order valence-corrected chi connectivity index (χ1v) is 40.0. The molecule has 6 rings (SSSR count). The summed E-state index contributed by atoms with van der Waals surface area (Å²) in [6.07, 6.45) is 0.737. The Balaban J connectivity index is 1.10. The lowest BCUT2D eigenvalue weighted by molar-refractivity contribution is -0.149. The van der Waals surface area contributed by atoms with E-state index in [1.54, 1.807) is 74.5 Å². The van der Waals surface area contributed by atoms with Crippen molar-refractivity contribution in [2.75, 3.05) is 67.9 Å². The molecule has 3 aromatic carbocycles. The molecule has 608 valence electrons. The van der Waals surface area contributed by atoms with E-state index in [0.717, 1.165) is 23.6 Å². The Labute approximate surface area is 653 Å². The zero-order chi connectivity index (χ0) is 81.4. The molecule has 1 aliphatic carbocycles. The van der Waals surface area contributed by atoms with Crippen molar-refractivity contribution in [1.82, 2.24) is 30.2 Å². The molecule has 2 saturated heterocycles. The lowest BCUT2D eigenvalue weighted by Crippen LogP contribution is -2.54. The van der Waals surface area contributed by atoms with E-state index in [-0.39, 0.29) is 160 Å². The first-order valence-electron chi connectivity index (χ1n) is 39.0. The number of thioether (sulfide) groups is 1. The van der Waals surface area contributed by atoms with E-state index in [4.69, 9.17) is 29.4 Å². The second-order valence-corrected chi connectivity index (χ2v) is 32.9. The minimum atomic E-state index is -1.06. The number of likely N-dealkylation sites (N-methyl/N-ethyl adjacent to an activating group) is 2. The van der Waals surface area contributed by atoms with Crippen molar-refractivity contribution >= 4 is 99.1 Å². The maximum Gasteiger partial charge on any atom is 0.508 e. The standard InChI is InChI=1S/C83H121N7O19S/c1-16-52(8)76(88(12)80(102)63(50(4)5)41-67(93)75(51(6)7)87(10)11)69(106-14)42-72(96)90-46-61(40-65(90)77(107-15)53(9)78(100)85-45-68(94)58-30-29-57-38-60(105-13)32-31-56(57)37-58)109-82(104)108-47-55-27-25-54(26-28-55)36-66(92)64(23-19-20-24-71(84)95)86-79(101)62(49(2)3)39-59(91)22-18-17-21-35-89-73(97)43-70(81(89)103)110-48-83(33-34-83)44-74(98)99/h25-32,37-38,49-53,61-65,69-70,75-77H,16-24,33-36,39-48H2,1-15H3,(H2,84,95)(H,85,100)(H,86,101)(H,98,99)/t52-,53+,61-,62-,63-,64-,65-,69+,70?,75-,76-,77+/m0/s1. The van der Waals surface area contributed by atoms with Crippen LogP contribution >= 0.6 is 11.8 Å². The second-order valence-electron chi connectivity index (χ2n) is 31.8. The predicted octanol–water partition coefficient (Wildman–Crippen LogP) is 9.77. The van der Waals surface area contributed by atoms with Crippen LogP contribution in [0.4, 0.5) is 4.79 Å². The first kappa shape index (κ1) is 90.7. The minimum absolute atomic E-state index is 0.00282. The molecule has 0 radical (unpaired) electrons. The Bertz CT molecular complexity index is 3680. The topological polar surface area (TPSA) is 351 Å². The Hall–Kier alpha value is -8.14. The maximum atomic E-state index is 15.2. The lowest BCUT2D eigenvalue weighted by Gasteiger charge is -2.41. The number of nitrogens with two attached hydrogens (primary N) is 1. The van der Waals surface area contributed by atoms with Gasteiger partial charge >= 0.3 is 12.1 Å². The number of ketones is 4. The molecule has 3 aromatic rings. The predicted molar refractivity (Wildman–Crippen MR) is 417 cm³/mol.